The summed E-state index contributed by atoms with van der Waals surface area (Å²) in [6.07, 6.45) is 1.02. The van der Waals surface area contributed by atoms with E-state index in [4.69, 9.17) is 5.73 Å². The fourth-order valence-electron chi connectivity index (χ4n) is 1.61. The van der Waals surface area contributed by atoms with Crippen molar-refractivity contribution in [1.82, 2.24) is 0 Å². The fourth-order valence-corrected chi connectivity index (χ4v) is 1.61. The number of aryl methyl sites for hydroxylation is 1. The van der Waals surface area contributed by atoms with Gasteiger partial charge in [0.15, 0.2) is 0 Å². The normalized spacial score (nSPS) is 11.9. The Balaban J connectivity index is 0.00000121. The molecule has 0 heterocycles. The number of benzene rings is 1. The average molecular weight is 239 g/mol. The van der Waals surface area contributed by atoms with Crippen molar-refractivity contribution in [2.45, 2.75) is 59.2 Å². The van der Waals surface area contributed by atoms with Crippen molar-refractivity contribution in [3.05, 3.63) is 35.4 Å². The van der Waals surface area contributed by atoms with Crippen LogP contribution in [-0.2, 0) is 6.42 Å². The van der Waals surface area contributed by atoms with Gasteiger partial charge in [0.1, 0.15) is 6.30 Å². The molecule has 0 aliphatic carbocycles. The van der Waals surface area contributed by atoms with Crippen molar-refractivity contribution in [1.29, 1.82) is 0 Å². The maximum Gasteiger partial charge on any atom is 0.148 e. The van der Waals surface area contributed by atoms with Crippen LogP contribution in [0.15, 0.2) is 24.3 Å². The molecule has 0 amide bonds. The summed E-state index contributed by atoms with van der Waals surface area (Å²) in [7, 11) is 0. The van der Waals surface area contributed by atoms with Crippen molar-refractivity contribution in [2.75, 3.05) is 0 Å². The van der Waals surface area contributed by atoms with Gasteiger partial charge in [-0.25, -0.2) is 4.39 Å². The van der Waals surface area contributed by atoms with E-state index in [2.05, 4.69) is 38.1 Å². The Morgan fingerprint density at radius 1 is 1.24 bits per heavy atom. The number of hydrogen-bond acceptors (Lipinski definition) is 1. The zero-order valence-corrected chi connectivity index (χ0v) is 11.5. The molecule has 1 nitrogen and oxygen atoms in total. The van der Waals surface area contributed by atoms with Gasteiger partial charge < -0.3 is 5.73 Å². The lowest BCUT2D eigenvalue weighted by molar-refractivity contribution is 0.318. The summed E-state index contributed by atoms with van der Waals surface area (Å²) in [5.74, 6) is 0.549. The Labute approximate surface area is 105 Å². The van der Waals surface area contributed by atoms with Gasteiger partial charge in [0.25, 0.3) is 0 Å². The van der Waals surface area contributed by atoms with Crippen molar-refractivity contribution in [2.24, 2.45) is 5.73 Å². The lowest BCUT2D eigenvalue weighted by Gasteiger charge is -2.08. The number of nitrogens with two attached hydrogens (primary N) is 1. The molecule has 1 unspecified atom stereocenters. The molecular formula is C15H26FN. The molecule has 0 aliphatic heterocycles. The van der Waals surface area contributed by atoms with Crippen LogP contribution in [0, 0.1) is 0 Å². The minimum atomic E-state index is -1.17. The van der Waals surface area contributed by atoms with Crippen LogP contribution in [-0.4, -0.2) is 6.30 Å². The Hall–Kier alpha value is -0.890. The third-order valence-corrected chi connectivity index (χ3v) is 2.56. The highest BCUT2D eigenvalue weighted by molar-refractivity contribution is 5.25. The smallest absolute Gasteiger partial charge is 0.148 e. The first-order valence-electron chi connectivity index (χ1n) is 6.58. The molecule has 17 heavy (non-hydrogen) atoms. The van der Waals surface area contributed by atoms with Crippen LogP contribution < -0.4 is 5.73 Å². The lowest BCUT2D eigenvalue weighted by Crippen LogP contribution is -2.12. The standard InChI is InChI=1S/C13H20FN.C2H6/c1-10(2)12-7-3-5-11(9-12)6-4-8-13(14)15;1-2/h3,5,7,9-10,13H,4,6,8,15H2,1-2H3;1-2H3. The van der Waals surface area contributed by atoms with Crippen molar-refractivity contribution < 1.29 is 4.39 Å². The van der Waals surface area contributed by atoms with Crippen LogP contribution in [0.25, 0.3) is 0 Å². The van der Waals surface area contributed by atoms with Gasteiger partial charge in [-0.05, 0) is 36.3 Å². The summed E-state index contributed by atoms with van der Waals surface area (Å²) < 4.78 is 12.4. The van der Waals surface area contributed by atoms with E-state index < -0.39 is 6.30 Å². The second kappa shape index (κ2) is 9.17. The Kier molecular flexibility index (Phi) is 8.69. The minimum absolute atomic E-state index is 0.450. The summed E-state index contributed by atoms with van der Waals surface area (Å²) in [4.78, 5) is 0. The quantitative estimate of drug-likeness (QED) is 0.757. The van der Waals surface area contributed by atoms with E-state index in [-0.39, 0.29) is 0 Å². The van der Waals surface area contributed by atoms with Gasteiger partial charge in [-0.1, -0.05) is 52.0 Å². The third kappa shape index (κ3) is 7.11. The van der Waals surface area contributed by atoms with E-state index in [1.54, 1.807) is 0 Å². The number of alkyl halides is 1. The maximum absolute atomic E-state index is 12.4. The molecule has 2 heteroatoms. The van der Waals surface area contributed by atoms with Crippen molar-refractivity contribution in [3.8, 4) is 0 Å². The highest BCUT2D eigenvalue weighted by Crippen LogP contribution is 2.16. The summed E-state index contributed by atoms with van der Waals surface area (Å²) in [5.41, 5.74) is 7.69. The number of rotatable bonds is 5. The summed E-state index contributed by atoms with van der Waals surface area (Å²) in [6.45, 7) is 8.35. The van der Waals surface area contributed by atoms with E-state index in [0.29, 0.717) is 12.3 Å². The monoisotopic (exact) mass is 239 g/mol. The SMILES string of the molecule is CC.CC(C)c1cccc(CCCC(N)F)c1. The van der Waals surface area contributed by atoms with Gasteiger partial charge in [-0.15, -0.1) is 0 Å². The molecule has 0 radical (unpaired) electrons. The number of halogens is 1. The second-order valence-corrected chi connectivity index (χ2v) is 4.31. The molecule has 0 bridgehead atoms. The van der Waals surface area contributed by atoms with E-state index in [1.807, 2.05) is 13.8 Å². The van der Waals surface area contributed by atoms with E-state index >= 15 is 0 Å². The van der Waals surface area contributed by atoms with E-state index in [9.17, 15) is 4.39 Å². The number of hydrogen-bond donors (Lipinski definition) is 1. The maximum atomic E-state index is 12.4. The molecule has 0 aliphatic rings. The van der Waals surface area contributed by atoms with Gasteiger partial charge in [-0.3, -0.25) is 0 Å². The molecule has 1 aromatic carbocycles. The topological polar surface area (TPSA) is 26.0 Å². The molecule has 1 aromatic rings. The first kappa shape index (κ1) is 16.1. The molecule has 0 aromatic heterocycles. The predicted octanol–water partition coefficient (Wildman–Crippen LogP) is 4.41. The molecular weight excluding hydrogens is 213 g/mol. The van der Waals surface area contributed by atoms with Gasteiger partial charge in [0.2, 0.25) is 0 Å². The van der Waals surface area contributed by atoms with E-state index in [1.165, 1.54) is 11.1 Å². The van der Waals surface area contributed by atoms with E-state index in [0.717, 1.165) is 12.8 Å². The fraction of sp³-hybridized carbons (Fsp3) is 0.600. The molecule has 0 fully saturated rings. The molecule has 1 atom stereocenters. The Morgan fingerprint density at radius 3 is 2.41 bits per heavy atom. The van der Waals surface area contributed by atoms with Crippen LogP contribution in [0.1, 0.15) is 57.6 Å². The molecule has 2 N–H and O–H groups in total. The summed E-state index contributed by atoms with van der Waals surface area (Å²) in [5, 5.41) is 0. The largest absolute Gasteiger partial charge is 0.302 e. The zero-order valence-electron chi connectivity index (χ0n) is 11.5. The van der Waals surface area contributed by atoms with Crippen LogP contribution in [0.5, 0.6) is 0 Å². The highest BCUT2D eigenvalue weighted by atomic mass is 19.1. The molecule has 0 saturated heterocycles. The second-order valence-electron chi connectivity index (χ2n) is 4.31. The Morgan fingerprint density at radius 2 is 1.88 bits per heavy atom. The van der Waals surface area contributed by atoms with Crippen molar-refractivity contribution in [3.63, 3.8) is 0 Å². The predicted molar refractivity (Wildman–Crippen MR) is 73.9 cm³/mol. The minimum Gasteiger partial charge on any atom is -0.302 e. The average Bonchev–Trinajstić information content (AvgIpc) is 2.31. The zero-order chi connectivity index (χ0) is 13.3. The third-order valence-electron chi connectivity index (χ3n) is 2.56. The van der Waals surface area contributed by atoms with Gasteiger partial charge in [0.05, 0.1) is 0 Å². The van der Waals surface area contributed by atoms with Crippen LogP contribution >= 0.6 is 0 Å². The van der Waals surface area contributed by atoms with Gasteiger partial charge >= 0.3 is 0 Å². The van der Waals surface area contributed by atoms with Crippen LogP contribution in [0.2, 0.25) is 0 Å². The molecule has 0 spiro atoms. The molecule has 0 saturated carbocycles. The molecule has 1 rings (SSSR count). The Bertz CT molecular complexity index is 295. The highest BCUT2D eigenvalue weighted by Gasteiger charge is 2.02. The first-order valence-corrected chi connectivity index (χ1v) is 6.58. The van der Waals surface area contributed by atoms with Crippen LogP contribution in [0.3, 0.4) is 0 Å². The first-order chi connectivity index (χ1) is 8.09. The molecule has 98 valence electrons. The van der Waals surface area contributed by atoms with Crippen molar-refractivity contribution >= 4 is 0 Å². The summed E-state index contributed by atoms with van der Waals surface area (Å²) in [6, 6.07) is 8.50. The van der Waals surface area contributed by atoms with Gasteiger partial charge in [0, 0.05) is 0 Å². The van der Waals surface area contributed by atoms with Crippen LogP contribution in [0.4, 0.5) is 4.39 Å². The lowest BCUT2D eigenvalue weighted by atomic mass is 9.99. The van der Waals surface area contributed by atoms with Gasteiger partial charge in [-0.2, -0.15) is 0 Å². The summed E-state index contributed by atoms with van der Waals surface area (Å²) >= 11 is 0.